The summed E-state index contributed by atoms with van der Waals surface area (Å²) in [6, 6.07) is 0. The zero-order chi connectivity index (χ0) is 8.69. The van der Waals surface area contributed by atoms with Crippen LogP contribution in [0.15, 0.2) is 12.2 Å². The van der Waals surface area contributed by atoms with Crippen molar-refractivity contribution in [3.8, 4) is 0 Å². The summed E-state index contributed by atoms with van der Waals surface area (Å²) in [5, 5.41) is 2.48. The van der Waals surface area contributed by atoms with Gasteiger partial charge in [0.05, 0.1) is 0 Å². The van der Waals surface area contributed by atoms with Gasteiger partial charge in [-0.3, -0.25) is 9.59 Å². The molecule has 0 aromatic carbocycles. The molecule has 0 radical (unpaired) electrons. The molecule has 0 aromatic rings. The minimum atomic E-state index is -0.286. The van der Waals surface area contributed by atoms with Gasteiger partial charge in [-0.2, -0.15) is 0 Å². The van der Waals surface area contributed by atoms with Gasteiger partial charge in [-0.15, -0.1) is 0 Å². The van der Waals surface area contributed by atoms with E-state index < -0.39 is 0 Å². The summed E-state index contributed by atoms with van der Waals surface area (Å²) in [6.45, 7) is 2.22. The lowest BCUT2D eigenvalue weighted by Crippen LogP contribution is -2.27. The summed E-state index contributed by atoms with van der Waals surface area (Å²) in [5.41, 5.74) is 5.13. The van der Waals surface area contributed by atoms with Gasteiger partial charge in [0.1, 0.15) is 0 Å². The van der Waals surface area contributed by atoms with Crippen molar-refractivity contribution in [1.82, 2.24) is 5.32 Å². The van der Waals surface area contributed by atoms with Crippen molar-refractivity contribution < 1.29 is 9.59 Å². The molecule has 0 aromatic heterocycles. The van der Waals surface area contributed by atoms with E-state index in [2.05, 4.69) is 5.32 Å². The molecule has 0 bridgehead atoms. The second-order valence-electron chi connectivity index (χ2n) is 2.02. The van der Waals surface area contributed by atoms with Crippen molar-refractivity contribution in [2.45, 2.75) is 6.92 Å². The Balaban J connectivity index is 3.60. The van der Waals surface area contributed by atoms with E-state index in [-0.39, 0.29) is 11.7 Å². The number of carbonyl (C=O) groups is 2. The summed E-state index contributed by atoms with van der Waals surface area (Å²) in [7, 11) is 0. The zero-order valence-electron chi connectivity index (χ0n) is 6.46. The topological polar surface area (TPSA) is 72.2 Å². The van der Waals surface area contributed by atoms with Crippen molar-refractivity contribution in [3.05, 3.63) is 12.2 Å². The summed E-state index contributed by atoms with van der Waals surface area (Å²) in [6.07, 6.45) is 2.41. The van der Waals surface area contributed by atoms with E-state index in [0.717, 1.165) is 0 Å². The lowest BCUT2D eigenvalue weighted by molar-refractivity contribution is -0.117. The zero-order valence-corrected chi connectivity index (χ0v) is 6.46. The molecule has 62 valence electrons. The maximum atomic E-state index is 10.7. The van der Waals surface area contributed by atoms with Gasteiger partial charge < -0.3 is 11.1 Å². The normalized spacial score (nSPS) is 10.0. The Kier molecular flexibility index (Phi) is 5.02. The maximum absolute atomic E-state index is 10.7. The molecule has 1 amide bonds. The molecule has 0 fully saturated rings. The van der Waals surface area contributed by atoms with Crippen LogP contribution < -0.4 is 11.1 Å². The van der Waals surface area contributed by atoms with Crippen LogP contribution in [-0.2, 0) is 9.59 Å². The van der Waals surface area contributed by atoms with E-state index in [0.29, 0.717) is 13.1 Å². The lowest BCUT2D eigenvalue weighted by Gasteiger charge is -1.95. The van der Waals surface area contributed by atoms with E-state index >= 15 is 0 Å². The van der Waals surface area contributed by atoms with Gasteiger partial charge in [0, 0.05) is 19.2 Å². The van der Waals surface area contributed by atoms with Crippen LogP contribution in [0.4, 0.5) is 0 Å². The predicted molar refractivity (Wildman–Crippen MR) is 41.9 cm³/mol. The Morgan fingerprint density at radius 2 is 2.09 bits per heavy atom. The van der Waals surface area contributed by atoms with Crippen molar-refractivity contribution in [3.63, 3.8) is 0 Å². The van der Waals surface area contributed by atoms with Crippen LogP contribution in [0.2, 0.25) is 0 Å². The van der Waals surface area contributed by atoms with Crippen LogP contribution in [0, 0.1) is 0 Å². The van der Waals surface area contributed by atoms with Crippen molar-refractivity contribution in [2.75, 3.05) is 13.1 Å². The van der Waals surface area contributed by atoms with Crippen LogP contribution in [0.25, 0.3) is 0 Å². The van der Waals surface area contributed by atoms with Crippen LogP contribution in [-0.4, -0.2) is 24.8 Å². The van der Waals surface area contributed by atoms with Crippen molar-refractivity contribution in [2.24, 2.45) is 5.73 Å². The van der Waals surface area contributed by atoms with Crippen LogP contribution in [0.5, 0.6) is 0 Å². The molecule has 4 heteroatoms. The van der Waals surface area contributed by atoms with Crippen LogP contribution in [0.1, 0.15) is 6.92 Å². The largest absolute Gasteiger partial charge is 0.351 e. The van der Waals surface area contributed by atoms with Crippen LogP contribution in [0.3, 0.4) is 0 Å². The van der Waals surface area contributed by atoms with E-state index in [1.165, 1.54) is 19.1 Å². The summed E-state index contributed by atoms with van der Waals surface area (Å²) < 4.78 is 0. The van der Waals surface area contributed by atoms with Crippen molar-refractivity contribution >= 4 is 11.7 Å². The SMILES string of the molecule is CC(=O)/C=C/C(=O)NCCN. The molecule has 0 aliphatic rings. The highest BCUT2D eigenvalue weighted by Gasteiger charge is 1.92. The second kappa shape index (κ2) is 5.61. The number of carbonyl (C=O) groups excluding carboxylic acids is 2. The number of allylic oxidation sites excluding steroid dienone is 1. The Morgan fingerprint density at radius 3 is 2.55 bits per heavy atom. The molecule has 0 saturated carbocycles. The molecule has 4 nitrogen and oxygen atoms in total. The molecular formula is C7H12N2O2. The second-order valence-corrected chi connectivity index (χ2v) is 2.02. The third-order valence-electron chi connectivity index (χ3n) is 0.913. The molecule has 11 heavy (non-hydrogen) atoms. The molecule has 0 rings (SSSR count). The Bertz CT molecular complexity index is 175. The van der Waals surface area contributed by atoms with Gasteiger partial charge in [0.25, 0.3) is 0 Å². The van der Waals surface area contributed by atoms with Gasteiger partial charge in [-0.05, 0) is 13.0 Å². The lowest BCUT2D eigenvalue weighted by atomic mass is 10.4. The van der Waals surface area contributed by atoms with Gasteiger partial charge >= 0.3 is 0 Å². The minimum Gasteiger partial charge on any atom is -0.351 e. The summed E-state index contributed by atoms with van der Waals surface area (Å²) >= 11 is 0. The Morgan fingerprint density at radius 1 is 1.45 bits per heavy atom. The number of ketones is 1. The van der Waals surface area contributed by atoms with Gasteiger partial charge in [-0.25, -0.2) is 0 Å². The average Bonchev–Trinajstić information content (AvgIpc) is 1.97. The van der Waals surface area contributed by atoms with Gasteiger partial charge in [0.15, 0.2) is 5.78 Å². The fourth-order valence-corrected chi connectivity index (χ4v) is 0.447. The van der Waals surface area contributed by atoms with Gasteiger partial charge in [0.2, 0.25) is 5.91 Å². The smallest absolute Gasteiger partial charge is 0.244 e. The van der Waals surface area contributed by atoms with E-state index in [1.54, 1.807) is 0 Å². The highest BCUT2D eigenvalue weighted by molar-refractivity contribution is 5.96. The fraction of sp³-hybridized carbons (Fsp3) is 0.429. The third kappa shape index (κ3) is 6.73. The fourth-order valence-electron chi connectivity index (χ4n) is 0.447. The Hall–Kier alpha value is -1.16. The molecule has 0 aliphatic carbocycles. The molecule has 3 N–H and O–H groups in total. The molecular weight excluding hydrogens is 144 g/mol. The van der Waals surface area contributed by atoms with E-state index in [4.69, 9.17) is 5.73 Å². The third-order valence-corrected chi connectivity index (χ3v) is 0.913. The standard InChI is InChI=1S/C7H12N2O2/c1-6(10)2-3-7(11)9-5-4-8/h2-3H,4-5,8H2,1H3,(H,9,11)/b3-2+. The number of hydrogen-bond donors (Lipinski definition) is 2. The number of rotatable bonds is 4. The first-order valence-corrected chi connectivity index (χ1v) is 3.33. The van der Waals surface area contributed by atoms with Gasteiger partial charge in [-0.1, -0.05) is 0 Å². The number of nitrogens with two attached hydrogens (primary N) is 1. The van der Waals surface area contributed by atoms with E-state index in [9.17, 15) is 9.59 Å². The molecule has 0 aliphatic heterocycles. The predicted octanol–water partition coefficient (Wildman–Crippen LogP) is -0.793. The Labute approximate surface area is 65.5 Å². The number of hydrogen-bond acceptors (Lipinski definition) is 3. The quantitative estimate of drug-likeness (QED) is 0.524. The van der Waals surface area contributed by atoms with Crippen LogP contribution >= 0.6 is 0 Å². The minimum absolute atomic E-state index is 0.145. The van der Waals surface area contributed by atoms with Crippen molar-refractivity contribution in [1.29, 1.82) is 0 Å². The molecule has 0 heterocycles. The summed E-state index contributed by atoms with van der Waals surface area (Å²) in [5.74, 6) is -0.432. The first-order valence-electron chi connectivity index (χ1n) is 3.33. The number of amides is 1. The maximum Gasteiger partial charge on any atom is 0.244 e. The first-order chi connectivity index (χ1) is 5.16. The molecule has 0 spiro atoms. The monoisotopic (exact) mass is 156 g/mol. The molecule has 0 unspecified atom stereocenters. The molecule has 0 saturated heterocycles. The first kappa shape index (κ1) is 9.84. The molecule has 0 atom stereocenters. The number of nitrogens with one attached hydrogen (secondary N) is 1. The summed E-state index contributed by atoms with van der Waals surface area (Å²) in [4.78, 5) is 21.0. The highest BCUT2D eigenvalue weighted by atomic mass is 16.1. The highest BCUT2D eigenvalue weighted by Crippen LogP contribution is 1.74. The average molecular weight is 156 g/mol. The van der Waals surface area contributed by atoms with E-state index in [1.807, 2.05) is 0 Å².